The summed E-state index contributed by atoms with van der Waals surface area (Å²) in [5.41, 5.74) is 5.66. The van der Waals surface area contributed by atoms with Gasteiger partial charge in [0, 0.05) is 44.7 Å². The summed E-state index contributed by atoms with van der Waals surface area (Å²) in [5.74, 6) is -0.0950. The van der Waals surface area contributed by atoms with Gasteiger partial charge < -0.3 is 10.5 Å². The Labute approximate surface area is 123 Å². The molecule has 1 rings (SSSR count). The number of nitrogens with two attached hydrogens (primary N) is 1. The van der Waals surface area contributed by atoms with Gasteiger partial charge in [0.05, 0.1) is 7.11 Å². The lowest BCUT2D eigenvalue weighted by Crippen LogP contribution is -2.57. The van der Waals surface area contributed by atoms with Crippen molar-refractivity contribution in [2.75, 3.05) is 39.8 Å². The molecule has 118 valence electrons. The summed E-state index contributed by atoms with van der Waals surface area (Å²) in [7, 11) is 1.45. The number of carbonyl (C=O) groups is 1. The van der Waals surface area contributed by atoms with Crippen molar-refractivity contribution >= 4 is 5.97 Å². The van der Waals surface area contributed by atoms with Crippen molar-refractivity contribution in [1.29, 1.82) is 0 Å². The van der Waals surface area contributed by atoms with E-state index in [0.717, 1.165) is 52.0 Å². The molecule has 1 saturated heterocycles. The van der Waals surface area contributed by atoms with Gasteiger partial charge in [-0.25, -0.2) is 0 Å². The Kier molecular flexibility index (Phi) is 8.11. The van der Waals surface area contributed by atoms with Gasteiger partial charge in [0.15, 0.2) is 0 Å². The molecule has 2 atom stereocenters. The molecular formula is C15H31N3O2. The smallest absolute Gasteiger partial charge is 0.305 e. The number of rotatable bonds is 8. The molecule has 0 aromatic rings. The van der Waals surface area contributed by atoms with Crippen molar-refractivity contribution in [3.8, 4) is 0 Å². The van der Waals surface area contributed by atoms with Crippen LogP contribution in [-0.4, -0.2) is 67.7 Å². The fourth-order valence-corrected chi connectivity index (χ4v) is 2.92. The Morgan fingerprint density at radius 1 is 1.10 bits per heavy atom. The average Bonchev–Trinajstić information content (AvgIpc) is 2.43. The van der Waals surface area contributed by atoms with Crippen LogP contribution in [0.1, 0.15) is 39.5 Å². The summed E-state index contributed by atoms with van der Waals surface area (Å²) in [6.07, 6.45) is 3.74. The van der Waals surface area contributed by atoms with Gasteiger partial charge in [0.25, 0.3) is 0 Å². The molecule has 0 bridgehead atoms. The third kappa shape index (κ3) is 5.77. The summed E-state index contributed by atoms with van der Waals surface area (Å²) in [4.78, 5) is 16.1. The van der Waals surface area contributed by atoms with Crippen LogP contribution in [-0.2, 0) is 9.53 Å². The Hall–Kier alpha value is -0.650. The number of ether oxygens (including phenoxy) is 1. The molecule has 5 heteroatoms. The number of unbranched alkanes of at least 4 members (excludes halogenated alkanes) is 2. The summed E-state index contributed by atoms with van der Waals surface area (Å²) in [6, 6.07) is 1.18. The molecule has 0 unspecified atom stereocenters. The van der Waals surface area contributed by atoms with E-state index in [1.165, 1.54) is 7.11 Å². The molecule has 20 heavy (non-hydrogen) atoms. The van der Waals surface area contributed by atoms with Crippen molar-refractivity contribution in [3.05, 3.63) is 0 Å². The highest BCUT2D eigenvalue weighted by Gasteiger charge is 2.27. The van der Waals surface area contributed by atoms with E-state index in [1.54, 1.807) is 0 Å². The first-order valence-electron chi connectivity index (χ1n) is 7.83. The highest BCUT2D eigenvalue weighted by Crippen LogP contribution is 2.15. The standard InChI is InChI=1S/C15H31N3O2/c1-13-12-18(10-8-16)14(2)11-17(13)9-6-4-5-7-15(19)20-3/h13-14H,4-12,16H2,1-3H3/t13-,14+/m0/s1. The lowest BCUT2D eigenvalue weighted by atomic mass is 10.1. The second kappa shape index (κ2) is 9.32. The molecule has 0 radical (unpaired) electrons. The highest BCUT2D eigenvalue weighted by molar-refractivity contribution is 5.68. The first-order chi connectivity index (χ1) is 9.58. The number of carbonyl (C=O) groups excluding carboxylic acids is 1. The Morgan fingerprint density at radius 3 is 2.25 bits per heavy atom. The normalized spacial score (nSPS) is 24.8. The van der Waals surface area contributed by atoms with E-state index in [0.29, 0.717) is 18.5 Å². The molecule has 0 spiro atoms. The Bertz CT molecular complexity index is 286. The molecular weight excluding hydrogens is 254 g/mol. The predicted molar refractivity (Wildman–Crippen MR) is 81.6 cm³/mol. The SMILES string of the molecule is COC(=O)CCCCCN1C[C@@H](C)N(CCN)C[C@@H]1C. The summed E-state index contributed by atoms with van der Waals surface area (Å²) in [6.45, 7) is 9.68. The second-order valence-corrected chi connectivity index (χ2v) is 5.86. The predicted octanol–water partition coefficient (Wildman–Crippen LogP) is 1.07. The molecule has 1 aliphatic rings. The summed E-state index contributed by atoms with van der Waals surface area (Å²) >= 11 is 0. The van der Waals surface area contributed by atoms with Crippen LogP contribution in [0.2, 0.25) is 0 Å². The topological polar surface area (TPSA) is 58.8 Å². The summed E-state index contributed by atoms with van der Waals surface area (Å²) < 4.78 is 4.65. The number of esters is 1. The zero-order chi connectivity index (χ0) is 15.0. The van der Waals surface area contributed by atoms with E-state index in [2.05, 4.69) is 28.4 Å². The highest BCUT2D eigenvalue weighted by atomic mass is 16.5. The molecule has 5 nitrogen and oxygen atoms in total. The van der Waals surface area contributed by atoms with Crippen LogP contribution in [0.15, 0.2) is 0 Å². The first kappa shape index (κ1) is 17.4. The van der Waals surface area contributed by atoms with Crippen LogP contribution in [0, 0.1) is 0 Å². The zero-order valence-electron chi connectivity index (χ0n) is 13.3. The molecule has 1 aliphatic heterocycles. The largest absolute Gasteiger partial charge is 0.469 e. The fourth-order valence-electron chi connectivity index (χ4n) is 2.92. The van der Waals surface area contributed by atoms with Crippen molar-refractivity contribution < 1.29 is 9.53 Å². The molecule has 1 fully saturated rings. The van der Waals surface area contributed by atoms with E-state index in [1.807, 2.05) is 0 Å². The molecule has 0 aromatic carbocycles. The number of methoxy groups -OCH3 is 1. The van der Waals surface area contributed by atoms with Crippen LogP contribution < -0.4 is 5.73 Å². The van der Waals surface area contributed by atoms with E-state index < -0.39 is 0 Å². The monoisotopic (exact) mass is 285 g/mol. The molecule has 0 saturated carbocycles. The van der Waals surface area contributed by atoms with Crippen LogP contribution in [0.4, 0.5) is 0 Å². The Balaban J connectivity index is 2.19. The van der Waals surface area contributed by atoms with Gasteiger partial charge in [-0.2, -0.15) is 0 Å². The lowest BCUT2D eigenvalue weighted by molar-refractivity contribution is -0.140. The van der Waals surface area contributed by atoms with Crippen LogP contribution in [0.25, 0.3) is 0 Å². The number of nitrogens with zero attached hydrogens (tertiary/aromatic N) is 2. The van der Waals surface area contributed by atoms with Crippen molar-refractivity contribution in [2.24, 2.45) is 5.73 Å². The van der Waals surface area contributed by atoms with Gasteiger partial charge >= 0.3 is 5.97 Å². The minimum absolute atomic E-state index is 0.0950. The van der Waals surface area contributed by atoms with Crippen LogP contribution >= 0.6 is 0 Å². The van der Waals surface area contributed by atoms with Gasteiger partial charge in [-0.05, 0) is 33.2 Å². The summed E-state index contributed by atoms with van der Waals surface area (Å²) in [5, 5.41) is 0. The number of hydrogen-bond donors (Lipinski definition) is 1. The quantitative estimate of drug-likeness (QED) is 0.534. The van der Waals surface area contributed by atoms with Gasteiger partial charge in [0.1, 0.15) is 0 Å². The molecule has 0 amide bonds. The Morgan fingerprint density at radius 2 is 1.70 bits per heavy atom. The van der Waals surface area contributed by atoms with E-state index >= 15 is 0 Å². The lowest BCUT2D eigenvalue weighted by Gasteiger charge is -2.44. The molecule has 0 aromatic heterocycles. The van der Waals surface area contributed by atoms with Gasteiger partial charge in [0.2, 0.25) is 0 Å². The maximum absolute atomic E-state index is 11.0. The van der Waals surface area contributed by atoms with E-state index in [9.17, 15) is 4.79 Å². The maximum atomic E-state index is 11.0. The van der Waals surface area contributed by atoms with Crippen LogP contribution in [0.5, 0.6) is 0 Å². The number of hydrogen-bond acceptors (Lipinski definition) is 5. The van der Waals surface area contributed by atoms with E-state index in [4.69, 9.17) is 5.73 Å². The van der Waals surface area contributed by atoms with E-state index in [-0.39, 0.29) is 5.97 Å². The molecule has 1 heterocycles. The van der Waals surface area contributed by atoms with Gasteiger partial charge in [-0.15, -0.1) is 0 Å². The fraction of sp³-hybridized carbons (Fsp3) is 0.933. The minimum atomic E-state index is -0.0950. The van der Waals surface area contributed by atoms with Crippen LogP contribution in [0.3, 0.4) is 0 Å². The zero-order valence-corrected chi connectivity index (χ0v) is 13.3. The van der Waals surface area contributed by atoms with Crippen molar-refractivity contribution in [2.45, 2.75) is 51.6 Å². The third-order valence-electron chi connectivity index (χ3n) is 4.21. The molecule has 0 aliphatic carbocycles. The second-order valence-electron chi connectivity index (χ2n) is 5.86. The van der Waals surface area contributed by atoms with Crippen molar-refractivity contribution in [3.63, 3.8) is 0 Å². The number of piperazine rings is 1. The third-order valence-corrected chi connectivity index (χ3v) is 4.21. The maximum Gasteiger partial charge on any atom is 0.305 e. The minimum Gasteiger partial charge on any atom is -0.469 e. The van der Waals surface area contributed by atoms with Gasteiger partial charge in [-0.1, -0.05) is 6.42 Å². The average molecular weight is 285 g/mol. The van der Waals surface area contributed by atoms with Gasteiger partial charge in [-0.3, -0.25) is 14.6 Å². The van der Waals surface area contributed by atoms with Crippen molar-refractivity contribution in [1.82, 2.24) is 9.80 Å². The first-order valence-corrected chi connectivity index (χ1v) is 7.83. The molecule has 2 N–H and O–H groups in total.